The summed E-state index contributed by atoms with van der Waals surface area (Å²) in [5, 5.41) is 3.62. The molecule has 5 heteroatoms. The SMILES string of the molecule is CCOCCN(CC)CC(NC1CC1)(C(=O)OC)C1CC1. The highest BCUT2D eigenvalue weighted by molar-refractivity contribution is 5.82. The number of hydrogen-bond acceptors (Lipinski definition) is 5. The Morgan fingerprint density at radius 2 is 2.00 bits per heavy atom. The molecule has 2 rings (SSSR count). The predicted octanol–water partition coefficient (Wildman–Crippen LogP) is 1.42. The minimum atomic E-state index is -0.516. The maximum absolute atomic E-state index is 12.5. The van der Waals surface area contributed by atoms with Crippen LogP contribution in [-0.4, -0.2) is 62.4 Å². The molecule has 2 fully saturated rings. The van der Waals surface area contributed by atoms with Gasteiger partial charge in [0.25, 0.3) is 0 Å². The van der Waals surface area contributed by atoms with Gasteiger partial charge in [-0.2, -0.15) is 0 Å². The van der Waals surface area contributed by atoms with Gasteiger partial charge in [-0.05, 0) is 45.1 Å². The van der Waals surface area contributed by atoms with E-state index in [1.165, 1.54) is 20.0 Å². The van der Waals surface area contributed by atoms with Gasteiger partial charge in [0.15, 0.2) is 0 Å². The number of rotatable bonds is 11. The van der Waals surface area contributed by atoms with Gasteiger partial charge in [-0.3, -0.25) is 10.2 Å². The first-order valence-electron chi connectivity index (χ1n) is 8.32. The topological polar surface area (TPSA) is 50.8 Å². The van der Waals surface area contributed by atoms with E-state index in [0.717, 1.165) is 45.7 Å². The van der Waals surface area contributed by atoms with Gasteiger partial charge in [-0.25, -0.2) is 4.79 Å². The largest absolute Gasteiger partial charge is 0.468 e. The highest BCUT2D eigenvalue weighted by Gasteiger charge is 2.54. The first-order valence-corrected chi connectivity index (χ1v) is 8.32. The fourth-order valence-electron chi connectivity index (χ4n) is 2.97. The summed E-state index contributed by atoms with van der Waals surface area (Å²) in [5.41, 5.74) is -0.516. The Morgan fingerprint density at radius 1 is 1.29 bits per heavy atom. The molecule has 0 amide bonds. The summed E-state index contributed by atoms with van der Waals surface area (Å²) in [6, 6.07) is 0.496. The standard InChI is InChI=1S/C16H30N2O3/c1-4-18(10-11-21-5-2)12-16(13-6-7-13,15(19)20-3)17-14-8-9-14/h13-14,17H,4-12H2,1-3H3. The van der Waals surface area contributed by atoms with Crippen LogP contribution in [0, 0.1) is 5.92 Å². The molecule has 0 saturated heterocycles. The van der Waals surface area contributed by atoms with Gasteiger partial charge < -0.3 is 9.47 Å². The molecule has 1 atom stereocenters. The fraction of sp³-hybridized carbons (Fsp3) is 0.938. The van der Waals surface area contributed by atoms with E-state index in [0.29, 0.717) is 12.0 Å². The maximum atomic E-state index is 12.5. The fourth-order valence-corrected chi connectivity index (χ4v) is 2.97. The number of hydrogen-bond donors (Lipinski definition) is 1. The van der Waals surface area contributed by atoms with Gasteiger partial charge >= 0.3 is 5.97 Å². The van der Waals surface area contributed by atoms with Crippen molar-refractivity contribution in [3.63, 3.8) is 0 Å². The Kier molecular flexibility index (Phi) is 6.02. The van der Waals surface area contributed by atoms with Crippen molar-refractivity contribution >= 4 is 5.97 Å². The lowest BCUT2D eigenvalue weighted by Crippen LogP contribution is -2.62. The van der Waals surface area contributed by atoms with Gasteiger partial charge in [-0.1, -0.05) is 6.92 Å². The monoisotopic (exact) mass is 298 g/mol. The zero-order valence-electron chi connectivity index (χ0n) is 13.7. The molecule has 0 heterocycles. The summed E-state index contributed by atoms with van der Waals surface area (Å²) in [7, 11) is 1.50. The van der Waals surface area contributed by atoms with Crippen molar-refractivity contribution in [3.8, 4) is 0 Å². The lowest BCUT2D eigenvalue weighted by molar-refractivity contribution is -0.151. The zero-order chi connectivity index (χ0) is 15.3. The van der Waals surface area contributed by atoms with Crippen molar-refractivity contribution in [2.45, 2.75) is 51.1 Å². The molecule has 122 valence electrons. The predicted molar refractivity (Wildman–Crippen MR) is 82.2 cm³/mol. The molecule has 0 aromatic carbocycles. The molecule has 0 spiro atoms. The van der Waals surface area contributed by atoms with E-state index >= 15 is 0 Å². The van der Waals surface area contributed by atoms with E-state index in [9.17, 15) is 4.79 Å². The molecule has 0 aliphatic heterocycles. The van der Waals surface area contributed by atoms with Gasteiger partial charge in [0, 0.05) is 25.7 Å². The molecule has 2 aliphatic rings. The molecule has 1 unspecified atom stereocenters. The van der Waals surface area contributed by atoms with E-state index in [1.54, 1.807) is 0 Å². The lowest BCUT2D eigenvalue weighted by Gasteiger charge is -2.37. The average molecular weight is 298 g/mol. The number of esters is 1. The van der Waals surface area contributed by atoms with Gasteiger partial charge in [-0.15, -0.1) is 0 Å². The number of methoxy groups -OCH3 is 1. The Labute approximate surface area is 128 Å². The Hall–Kier alpha value is -0.650. The quantitative estimate of drug-likeness (QED) is 0.462. The van der Waals surface area contributed by atoms with Crippen LogP contribution >= 0.6 is 0 Å². The number of carbonyl (C=O) groups is 1. The highest BCUT2D eigenvalue weighted by atomic mass is 16.5. The van der Waals surface area contributed by atoms with E-state index in [-0.39, 0.29) is 5.97 Å². The maximum Gasteiger partial charge on any atom is 0.327 e. The van der Waals surface area contributed by atoms with E-state index in [4.69, 9.17) is 9.47 Å². The molecule has 0 aromatic heterocycles. The van der Waals surface area contributed by atoms with Crippen molar-refractivity contribution in [2.75, 3.05) is 40.0 Å². The zero-order valence-corrected chi connectivity index (χ0v) is 13.7. The van der Waals surface area contributed by atoms with Crippen molar-refractivity contribution in [3.05, 3.63) is 0 Å². The van der Waals surface area contributed by atoms with Crippen LogP contribution in [0.4, 0.5) is 0 Å². The summed E-state index contributed by atoms with van der Waals surface area (Å²) < 4.78 is 10.6. The molecule has 0 radical (unpaired) electrons. The number of nitrogens with one attached hydrogen (secondary N) is 1. The summed E-state index contributed by atoms with van der Waals surface area (Å²) >= 11 is 0. The third kappa shape index (κ3) is 4.41. The van der Waals surface area contributed by atoms with E-state index in [1.807, 2.05) is 6.92 Å². The number of carbonyl (C=O) groups excluding carboxylic acids is 1. The van der Waals surface area contributed by atoms with E-state index < -0.39 is 5.54 Å². The van der Waals surface area contributed by atoms with Crippen LogP contribution in [-0.2, 0) is 14.3 Å². The molecule has 1 N–H and O–H groups in total. The van der Waals surface area contributed by atoms with Crippen LogP contribution < -0.4 is 5.32 Å². The molecule has 2 saturated carbocycles. The van der Waals surface area contributed by atoms with Gasteiger partial charge in [0.2, 0.25) is 0 Å². The average Bonchev–Trinajstić information content (AvgIpc) is 3.37. The first kappa shape index (κ1) is 16.7. The second kappa shape index (κ2) is 7.56. The number of nitrogens with zero attached hydrogens (tertiary/aromatic N) is 1. The van der Waals surface area contributed by atoms with Crippen LogP contribution in [0.2, 0.25) is 0 Å². The molecule has 0 bridgehead atoms. The van der Waals surface area contributed by atoms with Crippen LogP contribution in [0.5, 0.6) is 0 Å². The van der Waals surface area contributed by atoms with E-state index in [2.05, 4.69) is 17.1 Å². The third-order valence-corrected chi connectivity index (χ3v) is 4.54. The smallest absolute Gasteiger partial charge is 0.327 e. The summed E-state index contributed by atoms with van der Waals surface area (Å²) in [5.74, 6) is 0.332. The number of likely N-dealkylation sites (N-methyl/N-ethyl adjacent to an activating group) is 1. The summed E-state index contributed by atoms with van der Waals surface area (Å²) in [6.45, 7) is 8.11. The third-order valence-electron chi connectivity index (χ3n) is 4.54. The van der Waals surface area contributed by atoms with Crippen molar-refractivity contribution in [1.82, 2.24) is 10.2 Å². The summed E-state index contributed by atoms with van der Waals surface area (Å²) in [4.78, 5) is 14.8. The number of ether oxygens (including phenoxy) is 2. The second-order valence-corrected chi connectivity index (χ2v) is 6.22. The van der Waals surface area contributed by atoms with Crippen LogP contribution in [0.15, 0.2) is 0 Å². The van der Waals surface area contributed by atoms with Crippen molar-refractivity contribution in [2.24, 2.45) is 5.92 Å². The lowest BCUT2D eigenvalue weighted by atomic mass is 9.91. The molecule has 2 aliphatic carbocycles. The molecule has 5 nitrogen and oxygen atoms in total. The van der Waals surface area contributed by atoms with Crippen LogP contribution in [0.1, 0.15) is 39.5 Å². The Morgan fingerprint density at radius 3 is 2.48 bits per heavy atom. The van der Waals surface area contributed by atoms with Gasteiger partial charge in [0.1, 0.15) is 5.54 Å². The molecular weight excluding hydrogens is 268 g/mol. The Bertz CT molecular complexity index is 342. The Balaban J connectivity index is 2.03. The summed E-state index contributed by atoms with van der Waals surface area (Å²) in [6.07, 6.45) is 4.60. The van der Waals surface area contributed by atoms with Crippen molar-refractivity contribution in [1.29, 1.82) is 0 Å². The molecule has 21 heavy (non-hydrogen) atoms. The van der Waals surface area contributed by atoms with Gasteiger partial charge in [0.05, 0.1) is 13.7 Å². The molecular formula is C16H30N2O3. The van der Waals surface area contributed by atoms with Crippen LogP contribution in [0.25, 0.3) is 0 Å². The minimum absolute atomic E-state index is 0.0910. The second-order valence-electron chi connectivity index (χ2n) is 6.22. The van der Waals surface area contributed by atoms with Crippen molar-refractivity contribution < 1.29 is 14.3 Å². The normalized spacial score (nSPS) is 21.3. The minimum Gasteiger partial charge on any atom is -0.468 e. The molecule has 0 aromatic rings. The first-order chi connectivity index (χ1) is 10.2. The van der Waals surface area contributed by atoms with Crippen LogP contribution in [0.3, 0.4) is 0 Å². The highest BCUT2D eigenvalue weighted by Crippen LogP contribution is 2.42.